The van der Waals surface area contributed by atoms with Gasteiger partial charge in [-0.25, -0.2) is 8.42 Å². The molecule has 5 rings (SSSR count). The molecule has 0 bridgehead atoms. The average Bonchev–Trinajstić information content (AvgIpc) is 3.22. The summed E-state index contributed by atoms with van der Waals surface area (Å²) < 4.78 is 25.4. The Kier molecular flexibility index (Phi) is 5.21. The molecule has 3 heterocycles. The number of rotatable bonds is 5. The molecule has 8 heteroatoms. The Labute approximate surface area is 186 Å². The second-order valence-electron chi connectivity index (χ2n) is 8.09. The first-order valence-electron chi connectivity index (χ1n) is 10.5. The van der Waals surface area contributed by atoms with Crippen LogP contribution < -0.4 is 5.56 Å². The Balaban J connectivity index is 1.37. The Morgan fingerprint density at radius 2 is 1.66 bits per heavy atom. The zero-order chi connectivity index (χ0) is 22.3. The minimum absolute atomic E-state index is 0.122. The lowest BCUT2D eigenvalue weighted by atomic mass is 10.1. The number of fused-ring (bicyclic) bond motifs is 2. The molecule has 0 saturated carbocycles. The highest BCUT2D eigenvalue weighted by atomic mass is 32.2. The normalized spacial score (nSPS) is 16.0. The highest BCUT2D eigenvalue weighted by Crippen LogP contribution is 2.25. The Hall–Kier alpha value is -3.20. The van der Waals surface area contributed by atoms with Crippen molar-refractivity contribution in [1.29, 1.82) is 0 Å². The zero-order valence-electron chi connectivity index (χ0n) is 17.5. The van der Waals surface area contributed by atoms with Crippen molar-refractivity contribution >= 4 is 31.8 Å². The molecule has 2 N–H and O–H groups in total. The van der Waals surface area contributed by atoms with Crippen molar-refractivity contribution in [2.75, 3.05) is 26.2 Å². The van der Waals surface area contributed by atoms with Crippen LogP contribution in [0.25, 0.3) is 33.1 Å². The molecule has 0 radical (unpaired) electrons. The van der Waals surface area contributed by atoms with Gasteiger partial charge < -0.3 is 9.97 Å². The van der Waals surface area contributed by atoms with Crippen LogP contribution in [0.1, 0.15) is 5.56 Å². The van der Waals surface area contributed by atoms with Crippen molar-refractivity contribution in [2.24, 2.45) is 0 Å². The molecule has 164 valence electrons. The Bertz CT molecular complexity index is 1480. The molecule has 1 fully saturated rings. The van der Waals surface area contributed by atoms with Gasteiger partial charge in [-0.1, -0.05) is 30.8 Å². The summed E-state index contributed by atoms with van der Waals surface area (Å²) in [6, 6.07) is 17.9. The lowest BCUT2D eigenvalue weighted by Gasteiger charge is -2.33. The van der Waals surface area contributed by atoms with Crippen molar-refractivity contribution in [2.45, 2.75) is 6.54 Å². The fourth-order valence-corrected chi connectivity index (χ4v) is 5.16. The lowest BCUT2D eigenvalue weighted by molar-refractivity contribution is 0.182. The molecule has 1 aliphatic heterocycles. The zero-order valence-corrected chi connectivity index (χ0v) is 18.4. The second-order valence-corrected chi connectivity index (χ2v) is 9.97. The van der Waals surface area contributed by atoms with Gasteiger partial charge in [0.05, 0.1) is 11.3 Å². The van der Waals surface area contributed by atoms with E-state index in [1.807, 2.05) is 42.5 Å². The van der Waals surface area contributed by atoms with E-state index >= 15 is 0 Å². The molecular weight excluding hydrogens is 424 g/mol. The van der Waals surface area contributed by atoms with E-state index < -0.39 is 10.0 Å². The maximum absolute atomic E-state index is 12.6. The van der Waals surface area contributed by atoms with Gasteiger partial charge >= 0.3 is 0 Å². The van der Waals surface area contributed by atoms with E-state index in [1.54, 1.807) is 0 Å². The highest BCUT2D eigenvalue weighted by Gasteiger charge is 2.24. The SMILES string of the molecule is C=CS(=O)(=O)N1CCN(Cc2ccc3[nH]c(-c4cc5ccccc5[nH]c4=O)cc3c2)CC1. The molecule has 2 aromatic heterocycles. The molecular formula is C24H24N4O3S. The van der Waals surface area contributed by atoms with Crippen molar-refractivity contribution in [1.82, 2.24) is 19.2 Å². The van der Waals surface area contributed by atoms with E-state index in [0.717, 1.165) is 45.0 Å². The number of hydrogen-bond acceptors (Lipinski definition) is 4. The van der Waals surface area contributed by atoms with E-state index in [-0.39, 0.29) is 5.56 Å². The summed E-state index contributed by atoms with van der Waals surface area (Å²) in [5.41, 5.74) is 4.21. The molecule has 0 unspecified atom stereocenters. The summed E-state index contributed by atoms with van der Waals surface area (Å²) >= 11 is 0. The Morgan fingerprint density at radius 3 is 2.44 bits per heavy atom. The smallest absolute Gasteiger partial charge is 0.257 e. The van der Waals surface area contributed by atoms with Gasteiger partial charge in [-0.3, -0.25) is 9.69 Å². The van der Waals surface area contributed by atoms with E-state index in [9.17, 15) is 13.2 Å². The van der Waals surface area contributed by atoms with E-state index in [4.69, 9.17) is 0 Å². The van der Waals surface area contributed by atoms with Crippen LogP contribution in [0, 0.1) is 0 Å². The standard InChI is InChI=1S/C24H24N4O3S/c1-2-32(30,31)28-11-9-27(10-12-28)16-17-7-8-22-19(13-17)15-23(25-22)20-14-18-5-3-4-6-21(18)26-24(20)29/h2-8,13-15,25H,1,9-12,16H2,(H,26,29). The minimum atomic E-state index is -3.35. The first-order chi connectivity index (χ1) is 15.4. The molecule has 0 aliphatic carbocycles. The third kappa shape index (κ3) is 3.88. The largest absolute Gasteiger partial charge is 0.354 e. The molecule has 1 saturated heterocycles. The third-order valence-electron chi connectivity index (χ3n) is 6.04. The van der Waals surface area contributed by atoms with Gasteiger partial charge in [0.1, 0.15) is 0 Å². The predicted molar refractivity (Wildman–Crippen MR) is 128 cm³/mol. The van der Waals surface area contributed by atoms with Gasteiger partial charge in [-0.05, 0) is 41.3 Å². The van der Waals surface area contributed by atoms with Crippen molar-refractivity contribution in [3.63, 3.8) is 0 Å². The molecule has 4 aromatic rings. The Morgan fingerprint density at radius 1 is 0.906 bits per heavy atom. The first kappa shape index (κ1) is 20.7. The number of piperazine rings is 1. The molecule has 7 nitrogen and oxygen atoms in total. The van der Waals surface area contributed by atoms with E-state index in [2.05, 4.69) is 33.6 Å². The summed E-state index contributed by atoms with van der Waals surface area (Å²) in [5, 5.41) is 3.04. The molecule has 2 aromatic carbocycles. The van der Waals surface area contributed by atoms with Crippen LogP contribution in [0.2, 0.25) is 0 Å². The van der Waals surface area contributed by atoms with Gasteiger partial charge in [0.2, 0.25) is 10.0 Å². The number of para-hydroxylation sites is 1. The third-order valence-corrected chi connectivity index (χ3v) is 7.54. The molecule has 32 heavy (non-hydrogen) atoms. The van der Waals surface area contributed by atoms with Gasteiger partial charge in [-0.15, -0.1) is 0 Å². The number of aromatic amines is 2. The molecule has 0 amide bonds. The number of benzene rings is 2. The number of hydrogen-bond donors (Lipinski definition) is 2. The van der Waals surface area contributed by atoms with Crippen LogP contribution >= 0.6 is 0 Å². The summed E-state index contributed by atoms with van der Waals surface area (Å²) in [6.07, 6.45) is 0. The van der Waals surface area contributed by atoms with Crippen molar-refractivity contribution in [3.05, 3.63) is 82.5 Å². The van der Waals surface area contributed by atoms with Gasteiger partial charge in [0.15, 0.2) is 0 Å². The predicted octanol–water partition coefficient (Wildman–Crippen LogP) is 3.27. The highest BCUT2D eigenvalue weighted by molar-refractivity contribution is 7.92. The first-order valence-corrected chi connectivity index (χ1v) is 12.0. The number of aromatic nitrogens is 2. The fraction of sp³-hybridized carbons (Fsp3) is 0.208. The fourth-order valence-electron chi connectivity index (χ4n) is 4.28. The molecule has 0 spiro atoms. The molecule has 0 atom stereocenters. The number of nitrogens with one attached hydrogen (secondary N) is 2. The monoisotopic (exact) mass is 448 g/mol. The van der Waals surface area contributed by atoms with Crippen LogP contribution in [-0.4, -0.2) is 53.8 Å². The maximum atomic E-state index is 12.6. The quantitative estimate of drug-likeness (QED) is 0.490. The van der Waals surface area contributed by atoms with Crippen LogP contribution in [-0.2, 0) is 16.6 Å². The number of nitrogens with zero attached hydrogens (tertiary/aromatic N) is 2. The summed E-state index contributed by atoms with van der Waals surface area (Å²) in [5.74, 6) is 0. The van der Waals surface area contributed by atoms with Crippen LogP contribution in [0.3, 0.4) is 0 Å². The van der Waals surface area contributed by atoms with Crippen molar-refractivity contribution < 1.29 is 8.42 Å². The van der Waals surface area contributed by atoms with Gasteiger partial charge in [0.25, 0.3) is 5.56 Å². The van der Waals surface area contributed by atoms with Gasteiger partial charge in [-0.2, -0.15) is 4.31 Å². The minimum Gasteiger partial charge on any atom is -0.354 e. The topological polar surface area (TPSA) is 89.3 Å². The summed E-state index contributed by atoms with van der Waals surface area (Å²) in [7, 11) is -3.35. The van der Waals surface area contributed by atoms with Crippen LogP contribution in [0.4, 0.5) is 0 Å². The van der Waals surface area contributed by atoms with E-state index in [0.29, 0.717) is 31.7 Å². The number of pyridine rings is 1. The van der Waals surface area contributed by atoms with Crippen molar-refractivity contribution in [3.8, 4) is 11.3 Å². The average molecular weight is 449 g/mol. The second kappa shape index (κ2) is 8.05. The lowest BCUT2D eigenvalue weighted by Crippen LogP contribution is -2.47. The summed E-state index contributed by atoms with van der Waals surface area (Å²) in [6.45, 7) is 6.43. The van der Waals surface area contributed by atoms with Crippen LogP contribution in [0.5, 0.6) is 0 Å². The number of sulfonamides is 1. The van der Waals surface area contributed by atoms with Crippen LogP contribution in [0.15, 0.2) is 71.4 Å². The number of H-pyrrole nitrogens is 2. The van der Waals surface area contributed by atoms with E-state index in [1.165, 1.54) is 4.31 Å². The maximum Gasteiger partial charge on any atom is 0.257 e. The van der Waals surface area contributed by atoms with Gasteiger partial charge in [0, 0.05) is 54.6 Å². The summed E-state index contributed by atoms with van der Waals surface area (Å²) in [4.78, 5) is 21.2. The molecule has 1 aliphatic rings.